The zero-order chi connectivity index (χ0) is 19.5. The van der Waals surface area contributed by atoms with Gasteiger partial charge in [0.05, 0.1) is 18.0 Å². The number of nitrogens with zero attached hydrogens (tertiary/aromatic N) is 2. The maximum absolute atomic E-state index is 12.5. The molecule has 0 aliphatic rings. The molecule has 0 bridgehead atoms. The van der Waals surface area contributed by atoms with Gasteiger partial charge < -0.3 is 14.6 Å². The van der Waals surface area contributed by atoms with Crippen LogP contribution in [0.15, 0.2) is 60.7 Å². The Bertz CT molecular complexity index is 1110. The van der Waals surface area contributed by atoms with Crippen molar-refractivity contribution in [1.82, 2.24) is 14.8 Å². The van der Waals surface area contributed by atoms with E-state index in [4.69, 9.17) is 4.74 Å². The molecular weight excluding hydrogens is 352 g/mol. The second-order valence-corrected chi connectivity index (χ2v) is 6.41. The van der Waals surface area contributed by atoms with Gasteiger partial charge in [-0.2, -0.15) is 5.10 Å². The van der Waals surface area contributed by atoms with Gasteiger partial charge in [-0.25, -0.2) is 0 Å². The molecule has 0 aliphatic heterocycles. The maximum atomic E-state index is 12.5. The Morgan fingerprint density at radius 1 is 1.11 bits per heavy atom. The number of rotatable bonds is 6. The first-order valence-corrected chi connectivity index (χ1v) is 9.38. The number of aromatic amines is 1. The lowest BCUT2D eigenvalue weighted by atomic mass is 10.2. The Kier molecular flexibility index (Phi) is 4.85. The molecule has 142 valence electrons. The topological polar surface area (TPSA) is 71.9 Å². The number of ether oxygens (including phenoxy) is 1. The first kappa shape index (κ1) is 17.9. The third-order valence-electron chi connectivity index (χ3n) is 4.65. The van der Waals surface area contributed by atoms with Crippen LogP contribution in [0.1, 0.15) is 24.2 Å². The summed E-state index contributed by atoms with van der Waals surface area (Å²) in [6, 6.07) is 19.3. The average Bonchev–Trinajstić information content (AvgIpc) is 3.32. The summed E-state index contributed by atoms with van der Waals surface area (Å²) >= 11 is 0. The van der Waals surface area contributed by atoms with Crippen molar-refractivity contribution in [3.63, 3.8) is 0 Å². The van der Waals surface area contributed by atoms with E-state index in [1.807, 2.05) is 25.1 Å². The molecule has 2 aromatic heterocycles. The van der Waals surface area contributed by atoms with Crippen molar-refractivity contribution in [2.24, 2.45) is 0 Å². The Balaban J connectivity index is 1.55. The van der Waals surface area contributed by atoms with Crippen LogP contribution >= 0.6 is 0 Å². The molecule has 28 heavy (non-hydrogen) atoms. The second kappa shape index (κ2) is 7.60. The number of anilines is 1. The zero-order valence-electron chi connectivity index (χ0n) is 15.9. The van der Waals surface area contributed by atoms with Gasteiger partial charge in [-0.1, -0.05) is 18.2 Å². The number of carbonyl (C=O) groups is 1. The van der Waals surface area contributed by atoms with Gasteiger partial charge in [-0.3, -0.25) is 9.89 Å². The van der Waals surface area contributed by atoms with E-state index in [1.165, 1.54) is 10.9 Å². The van der Waals surface area contributed by atoms with E-state index in [1.54, 1.807) is 24.3 Å². The summed E-state index contributed by atoms with van der Waals surface area (Å²) < 4.78 is 7.63. The summed E-state index contributed by atoms with van der Waals surface area (Å²) in [4.78, 5) is 12.5. The van der Waals surface area contributed by atoms with Gasteiger partial charge in [-0.05, 0) is 50.2 Å². The molecular formula is C22H22N4O2. The molecule has 4 rings (SSSR count). The van der Waals surface area contributed by atoms with Crippen LogP contribution in [0.2, 0.25) is 0 Å². The Morgan fingerprint density at radius 2 is 1.89 bits per heavy atom. The Hall–Kier alpha value is -3.54. The number of carbonyl (C=O) groups excluding carboxylic acids is 1. The molecule has 2 N–H and O–H groups in total. The molecule has 2 heterocycles. The predicted molar refractivity (Wildman–Crippen MR) is 111 cm³/mol. The highest BCUT2D eigenvalue weighted by Gasteiger charge is 2.14. The third-order valence-corrected chi connectivity index (χ3v) is 4.65. The van der Waals surface area contributed by atoms with Crippen LogP contribution in [0, 0.1) is 0 Å². The summed E-state index contributed by atoms with van der Waals surface area (Å²) in [5, 5.41) is 11.3. The van der Waals surface area contributed by atoms with Gasteiger partial charge in [0.2, 0.25) is 0 Å². The van der Waals surface area contributed by atoms with Gasteiger partial charge in [0, 0.05) is 29.1 Å². The normalized spacial score (nSPS) is 10.9. The number of hydrogen-bond donors (Lipinski definition) is 2. The number of amides is 1. The number of H-pyrrole nitrogens is 1. The fraction of sp³-hybridized carbons (Fsp3) is 0.182. The van der Waals surface area contributed by atoms with E-state index in [-0.39, 0.29) is 5.91 Å². The van der Waals surface area contributed by atoms with Crippen LogP contribution in [-0.4, -0.2) is 27.3 Å². The maximum Gasteiger partial charge on any atom is 0.256 e. The molecule has 6 heteroatoms. The van der Waals surface area contributed by atoms with Gasteiger partial charge in [-0.15, -0.1) is 0 Å². The number of aromatic nitrogens is 3. The molecule has 0 atom stereocenters. The minimum atomic E-state index is -0.211. The molecule has 0 unspecified atom stereocenters. The third kappa shape index (κ3) is 3.36. The lowest BCUT2D eigenvalue weighted by Gasteiger charge is -2.06. The minimum absolute atomic E-state index is 0.211. The quantitative estimate of drug-likeness (QED) is 0.514. The molecule has 0 radical (unpaired) electrons. The fourth-order valence-electron chi connectivity index (χ4n) is 3.35. The van der Waals surface area contributed by atoms with Crippen molar-refractivity contribution in [3.8, 4) is 17.1 Å². The Labute approximate surface area is 163 Å². The van der Waals surface area contributed by atoms with E-state index in [2.05, 4.69) is 45.2 Å². The molecule has 0 aliphatic carbocycles. The monoisotopic (exact) mass is 374 g/mol. The first-order chi connectivity index (χ1) is 13.7. The number of benzene rings is 2. The van der Waals surface area contributed by atoms with Crippen LogP contribution < -0.4 is 10.1 Å². The standard InChI is InChI=1S/C22H22N4O2/c1-3-26-19-8-6-5-7-16(19)13-20(26)18-14-21(25-24-18)23-22(27)15-9-11-17(12-10-15)28-4-2/h5-14H,3-4H2,1-2H3,(H2,23,24,25,27). The SMILES string of the molecule is CCOc1ccc(C(=O)Nc2cc(-c3cc4ccccc4n3CC)[nH]n2)cc1. The smallest absolute Gasteiger partial charge is 0.256 e. The highest BCUT2D eigenvalue weighted by molar-refractivity contribution is 6.04. The summed E-state index contributed by atoms with van der Waals surface area (Å²) in [6.45, 7) is 5.47. The number of fused-ring (bicyclic) bond motifs is 1. The fourth-order valence-corrected chi connectivity index (χ4v) is 3.35. The molecule has 6 nitrogen and oxygen atoms in total. The van der Waals surface area contributed by atoms with Crippen LogP contribution in [0.4, 0.5) is 5.82 Å². The molecule has 0 fully saturated rings. The van der Waals surface area contributed by atoms with Crippen molar-refractivity contribution in [2.75, 3.05) is 11.9 Å². The van der Waals surface area contributed by atoms with E-state index in [0.717, 1.165) is 23.7 Å². The molecule has 0 saturated carbocycles. The van der Waals surface area contributed by atoms with Gasteiger partial charge in [0.1, 0.15) is 5.75 Å². The Morgan fingerprint density at radius 3 is 2.64 bits per heavy atom. The highest BCUT2D eigenvalue weighted by atomic mass is 16.5. The van der Waals surface area contributed by atoms with Gasteiger partial charge >= 0.3 is 0 Å². The van der Waals surface area contributed by atoms with Gasteiger partial charge in [0.15, 0.2) is 5.82 Å². The number of hydrogen-bond acceptors (Lipinski definition) is 3. The minimum Gasteiger partial charge on any atom is -0.494 e. The second-order valence-electron chi connectivity index (χ2n) is 6.41. The number of aryl methyl sites for hydroxylation is 1. The summed E-state index contributed by atoms with van der Waals surface area (Å²) in [7, 11) is 0. The van der Waals surface area contributed by atoms with Crippen LogP contribution in [0.25, 0.3) is 22.3 Å². The molecule has 4 aromatic rings. The predicted octanol–water partition coefficient (Wildman–Crippen LogP) is 4.70. The summed E-state index contributed by atoms with van der Waals surface area (Å²) in [5.74, 6) is 1.02. The van der Waals surface area contributed by atoms with Crippen molar-refractivity contribution >= 4 is 22.6 Å². The number of nitrogens with one attached hydrogen (secondary N) is 2. The van der Waals surface area contributed by atoms with Crippen LogP contribution in [0.5, 0.6) is 5.75 Å². The van der Waals surface area contributed by atoms with Crippen molar-refractivity contribution in [2.45, 2.75) is 20.4 Å². The number of para-hydroxylation sites is 1. The zero-order valence-corrected chi connectivity index (χ0v) is 15.9. The average molecular weight is 374 g/mol. The van der Waals surface area contributed by atoms with Gasteiger partial charge in [0.25, 0.3) is 5.91 Å². The lowest BCUT2D eigenvalue weighted by molar-refractivity contribution is 0.102. The van der Waals surface area contributed by atoms with E-state index in [9.17, 15) is 4.79 Å². The largest absolute Gasteiger partial charge is 0.494 e. The molecule has 2 aromatic carbocycles. The van der Waals surface area contributed by atoms with E-state index >= 15 is 0 Å². The highest BCUT2D eigenvalue weighted by Crippen LogP contribution is 2.28. The van der Waals surface area contributed by atoms with Crippen molar-refractivity contribution in [3.05, 3.63) is 66.2 Å². The van der Waals surface area contributed by atoms with Crippen LogP contribution in [-0.2, 0) is 6.54 Å². The molecule has 0 saturated heterocycles. The summed E-state index contributed by atoms with van der Waals surface area (Å²) in [6.07, 6.45) is 0. The lowest BCUT2D eigenvalue weighted by Crippen LogP contribution is -2.12. The summed E-state index contributed by atoms with van der Waals surface area (Å²) in [5.41, 5.74) is 3.63. The molecule has 1 amide bonds. The van der Waals surface area contributed by atoms with Crippen LogP contribution in [0.3, 0.4) is 0 Å². The van der Waals surface area contributed by atoms with E-state index in [0.29, 0.717) is 18.0 Å². The molecule has 0 spiro atoms. The first-order valence-electron chi connectivity index (χ1n) is 9.38. The van der Waals surface area contributed by atoms with Crippen molar-refractivity contribution in [1.29, 1.82) is 0 Å². The van der Waals surface area contributed by atoms with Crippen molar-refractivity contribution < 1.29 is 9.53 Å². The van der Waals surface area contributed by atoms with E-state index < -0.39 is 0 Å².